The maximum Gasteiger partial charge on any atom is 0.187 e. The Bertz CT molecular complexity index is 692. The zero-order valence-electron chi connectivity index (χ0n) is 14.4. The van der Waals surface area contributed by atoms with E-state index in [1.165, 1.54) is 0 Å². The fraction of sp³-hybridized carbons (Fsp3) is 0.263. The average Bonchev–Trinajstić information content (AvgIpc) is 2.61. The van der Waals surface area contributed by atoms with Crippen LogP contribution in [0.2, 0.25) is 0 Å². The average molecular weight is 357 g/mol. The van der Waals surface area contributed by atoms with E-state index >= 15 is 0 Å². The maximum absolute atomic E-state index is 5.81. The molecule has 0 bridgehead atoms. The van der Waals surface area contributed by atoms with Crippen LogP contribution in [0.15, 0.2) is 59.7 Å². The number of hydrazone groups is 1. The second-order valence-corrected chi connectivity index (χ2v) is 5.95. The summed E-state index contributed by atoms with van der Waals surface area (Å²) in [6.07, 6.45) is 1.70. The molecule has 0 unspecified atom stereocenters. The highest BCUT2D eigenvalue weighted by Gasteiger charge is 2.02. The Hall–Kier alpha value is -2.44. The molecule has 0 saturated carbocycles. The lowest BCUT2D eigenvalue weighted by atomic mass is 10.2. The number of nitrogens with zero attached hydrogens (tertiary/aromatic N) is 1. The molecule has 0 saturated heterocycles. The molecular formula is C19H23N3O2S. The number of ether oxygens (including phenoxy) is 2. The third-order valence-electron chi connectivity index (χ3n) is 3.28. The quantitative estimate of drug-likeness (QED) is 0.432. The van der Waals surface area contributed by atoms with Gasteiger partial charge in [-0.2, -0.15) is 5.10 Å². The molecule has 0 amide bonds. The smallest absolute Gasteiger partial charge is 0.187 e. The van der Waals surface area contributed by atoms with E-state index in [0.29, 0.717) is 18.3 Å². The van der Waals surface area contributed by atoms with Crippen LogP contribution in [0, 0.1) is 0 Å². The van der Waals surface area contributed by atoms with Gasteiger partial charge in [0.15, 0.2) is 5.11 Å². The number of methoxy groups -OCH3 is 1. The van der Waals surface area contributed by atoms with E-state index in [0.717, 1.165) is 16.9 Å². The van der Waals surface area contributed by atoms with Crippen molar-refractivity contribution in [3.8, 4) is 5.75 Å². The van der Waals surface area contributed by atoms with E-state index in [4.69, 9.17) is 21.7 Å². The van der Waals surface area contributed by atoms with Crippen molar-refractivity contribution >= 4 is 23.5 Å². The van der Waals surface area contributed by atoms with E-state index in [2.05, 4.69) is 15.8 Å². The number of hydrogen-bond donors (Lipinski definition) is 2. The zero-order valence-corrected chi connectivity index (χ0v) is 15.3. The summed E-state index contributed by atoms with van der Waals surface area (Å²) < 4.78 is 10.8. The van der Waals surface area contributed by atoms with Crippen molar-refractivity contribution in [2.45, 2.75) is 19.6 Å². The molecule has 0 aliphatic carbocycles. The van der Waals surface area contributed by atoms with Crippen molar-refractivity contribution < 1.29 is 9.47 Å². The van der Waals surface area contributed by atoms with E-state index < -0.39 is 0 Å². The Kier molecular flexibility index (Phi) is 7.88. The lowest BCUT2D eigenvalue weighted by Crippen LogP contribution is -2.40. The van der Waals surface area contributed by atoms with Crippen LogP contribution < -0.4 is 15.5 Å². The number of benzene rings is 2. The first-order chi connectivity index (χ1) is 12.2. The Morgan fingerprint density at radius 1 is 1.20 bits per heavy atom. The second kappa shape index (κ2) is 10.4. The normalized spacial score (nSPS) is 11.9. The van der Waals surface area contributed by atoms with Gasteiger partial charge >= 0.3 is 0 Å². The monoisotopic (exact) mass is 357 g/mol. The molecule has 6 heteroatoms. The summed E-state index contributed by atoms with van der Waals surface area (Å²) in [6.45, 7) is 3.09. The molecular weight excluding hydrogens is 334 g/mol. The summed E-state index contributed by atoms with van der Waals surface area (Å²) in [7, 11) is 1.65. The van der Waals surface area contributed by atoms with Crippen LogP contribution in [0.3, 0.4) is 0 Å². The predicted molar refractivity (Wildman–Crippen MR) is 105 cm³/mol. The molecule has 132 valence electrons. The molecule has 0 aliphatic rings. The van der Waals surface area contributed by atoms with Crippen LogP contribution in [0.4, 0.5) is 0 Å². The van der Waals surface area contributed by atoms with Crippen molar-refractivity contribution in [3.05, 3.63) is 65.7 Å². The second-order valence-electron chi connectivity index (χ2n) is 5.55. The van der Waals surface area contributed by atoms with Crippen LogP contribution in [-0.4, -0.2) is 31.1 Å². The van der Waals surface area contributed by atoms with Gasteiger partial charge in [-0.05, 0) is 42.4 Å². The van der Waals surface area contributed by atoms with Crippen molar-refractivity contribution in [2.75, 3.05) is 13.7 Å². The Morgan fingerprint density at radius 2 is 2.00 bits per heavy atom. The molecule has 2 rings (SSSR count). The highest BCUT2D eigenvalue weighted by molar-refractivity contribution is 7.80. The lowest BCUT2D eigenvalue weighted by Gasteiger charge is -2.13. The predicted octanol–water partition coefficient (Wildman–Crippen LogP) is 3.10. The van der Waals surface area contributed by atoms with Crippen molar-refractivity contribution in [2.24, 2.45) is 5.10 Å². The van der Waals surface area contributed by atoms with Gasteiger partial charge in [0.05, 0.1) is 12.8 Å². The molecule has 2 aromatic rings. The summed E-state index contributed by atoms with van der Waals surface area (Å²) in [6, 6.07) is 17.9. The maximum atomic E-state index is 5.81. The van der Waals surface area contributed by atoms with Crippen LogP contribution >= 0.6 is 12.2 Å². The van der Waals surface area contributed by atoms with Crippen LogP contribution in [0.1, 0.15) is 18.1 Å². The molecule has 0 radical (unpaired) electrons. The number of nitrogens with one attached hydrogen (secondary N) is 2. The van der Waals surface area contributed by atoms with Gasteiger partial charge in [0.25, 0.3) is 0 Å². The van der Waals surface area contributed by atoms with Gasteiger partial charge in [0.1, 0.15) is 12.4 Å². The topological polar surface area (TPSA) is 54.9 Å². The number of rotatable bonds is 8. The molecule has 0 aromatic heterocycles. The van der Waals surface area contributed by atoms with Gasteiger partial charge < -0.3 is 14.8 Å². The summed E-state index contributed by atoms with van der Waals surface area (Å²) in [5.41, 5.74) is 4.84. The fourth-order valence-electron chi connectivity index (χ4n) is 2.14. The molecule has 0 aliphatic heterocycles. The molecule has 25 heavy (non-hydrogen) atoms. The van der Waals surface area contributed by atoms with Gasteiger partial charge in [-0.15, -0.1) is 0 Å². The molecule has 2 aromatic carbocycles. The standard InChI is InChI=1S/C19H23N3O2S/c1-15(13-23-2)21-19(25)22-20-12-17-9-6-10-18(11-17)24-14-16-7-4-3-5-8-16/h3-12,15H,13-14H2,1-2H3,(H2,21,22,25)/b20-12-/t15-/m1/s1. The lowest BCUT2D eigenvalue weighted by molar-refractivity contribution is 0.179. The molecule has 2 N–H and O–H groups in total. The molecule has 5 nitrogen and oxygen atoms in total. The first-order valence-electron chi connectivity index (χ1n) is 8.02. The first-order valence-corrected chi connectivity index (χ1v) is 8.43. The highest BCUT2D eigenvalue weighted by Crippen LogP contribution is 2.14. The molecule has 1 atom stereocenters. The number of hydrogen-bond acceptors (Lipinski definition) is 4. The van der Waals surface area contributed by atoms with Crippen molar-refractivity contribution in [1.29, 1.82) is 0 Å². The van der Waals surface area contributed by atoms with Crippen LogP contribution in [0.25, 0.3) is 0 Å². The largest absolute Gasteiger partial charge is 0.489 e. The van der Waals surface area contributed by atoms with Gasteiger partial charge in [0.2, 0.25) is 0 Å². The molecule has 0 heterocycles. The van der Waals surface area contributed by atoms with Crippen LogP contribution in [0.5, 0.6) is 5.75 Å². The van der Waals surface area contributed by atoms with Crippen LogP contribution in [-0.2, 0) is 11.3 Å². The van der Waals surface area contributed by atoms with E-state index in [1.807, 2.05) is 61.5 Å². The van der Waals surface area contributed by atoms with E-state index in [1.54, 1.807) is 13.3 Å². The minimum atomic E-state index is 0.120. The van der Waals surface area contributed by atoms with Gasteiger partial charge in [-0.3, -0.25) is 5.43 Å². The summed E-state index contributed by atoms with van der Waals surface area (Å²) >= 11 is 5.17. The molecule has 0 fully saturated rings. The number of thiocarbonyl (C=S) groups is 1. The van der Waals surface area contributed by atoms with Gasteiger partial charge in [0, 0.05) is 13.2 Å². The SMILES string of the molecule is COC[C@@H](C)NC(=S)N/N=C\c1cccc(OCc2ccccc2)c1. The third-order valence-corrected chi connectivity index (χ3v) is 3.49. The fourth-order valence-corrected chi connectivity index (χ4v) is 2.39. The Morgan fingerprint density at radius 3 is 2.76 bits per heavy atom. The van der Waals surface area contributed by atoms with E-state index in [9.17, 15) is 0 Å². The molecule has 0 spiro atoms. The Labute approximate surface area is 154 Å². The van der Waals surface area contributed by atoms with Crippen molar-refractivity contribution in [3.63, 3.8) is 0 Å². The third kappa shape index (κ3) is 7.32. The zero-order chi connectivity index (χ0) is 17.9. The summed E-state index contributed by atoms with van der Waals surface area (Å²) in [5, 5.41) is 7.67. The van der Waals surface area contributed by atoms with Gasteiger partial charge in [-0.25, -0.2) is 0 Å². The summed E-state index contributed by atoms with van der Waals surface area (Å²) in [4.78, 5) is 0. The first kappa shape index (κ1) is 18.9. The minimum Gasteiger partial charge on any atom is -0.489 e. The summed E-state index contributed by atoms with van der Waals surface area (Å²) in [5.74, 6) is 0.794. The van der Waals surface area contributed by atoms with E-state index in [-0.39, 0.29) is 6.04 Å². The van der Waals surface area contributed by atoms with Crippen molar-refractivity contribution in [1.82, 2.24) is 10.7 Å². The Balaban J connectivity index is 1.83. The van der Waals surface area contributed by atoms with Gasteiger partial charge in [-0.1, -0.05) is 42.5 Å². The minimum absolute atomic E-state index is 0.120. The highest BCUT2D eigenvalue weighted by atomic mass is 32.1.